The normalized spacial score (nSPS) is 12.9. The largest absolute Gasteiger partial charge is 0.395 e. The lowest BCUT2D eigenvalue weighted by Crippen LogP contribution is -2.43. The van der Waals surface area contributed by atoms with Crippen LogP contribution in [0.4, 0.5) is 0 Å². The summed E-state index contributed by atoms with van der Waals surface area (Å²) in [7, 11) is -5.22. The van der Waals surface area contributed by atoms with Crippen LogP contribution in [-0.4, -0.2) is 71.0 Å². The fourth-order valence-corrected chi connectivity index (χ4v) is 4.10. The van der Waals surface area contributed by atoms with E-state index in [1.54, 1.807) is 0 Å². The Bertz CT molecular complexity index is 324. The Labute approximate surface area is 181 Å². The molecule has 8 N–H and O–H groups in total. The van der Waals surface area contributed by atoms with Gasteiger partial charge in [-0.05, 0) is 12.2 Å². The van der Waals surface area contributed by atoms with Crippen molar-refractivity contribution in [2.45, 2.75) is 76.6 Å². The minimum atomic E-state index is -2.61. The first-order chi connectivity index (χ1) is 13.8. The van der Waals surface area contributed by atoms with Crippen LogP contribution in [-0.2, 0) is 4.31 Å². The van der Waals surface area contributed by atoms with Crippen LogP contribution in [0.3, 0.4) is 0 Å². The minimum absolute atomic E-state index is 0.411. The third-order valence-corrected chi connectivity index (χ3v) is 6.90. The van der Waals surface area contributed by atoms with Gasteiger partial charge in [-0.1, -0.05) is 64.7 Å². The lowest BCUT2D eigenvalue weighted by Gasteiger charge is -2.32. The third kappa shape index (κ3) is 19.3. The van der Waals surface area contributed by atoms with Crippen molar-refractivity contribution in [1.82, 2.24) is 0 Å². The molecule has 9 nitrogen and oxygen atoms in total. The van der Waals surface area contributed by atoms with Crippen LogP contribution >= 0.6 is 29.0 Å². The van der Waals surface area contributed by atoms with Crippen molar-refractivity contribution < 1.29 is 44.3 Å². The van der Waals surface area contributed by atoms with Crippen molar-refractivity contribution in [2.75, 3.05) is 25.6 Å². The van der Waals surface area contributed by atoms with Crippen LogP contribution in [0.1, 0.15) is 71.1 Å². The second kappa shape index (κ2) is 22.1. The summed E-state index contributed by atoms with van der Waals surface area (Å²) in [5.74, 6) is 0.791. The summed E-state index contributed by atoms with van der Waals surface area (Å²) in [6.07, 6.45) is 12.7. The molecule has 12 heteroatoms. The first-order valence-corrected chi connectivity index (χ1v) is 13.3. The highest BCUT2D eigenvalue weighted by Crippen LogP contribution is 2.41. The second-order valence-electron chi connectivity index (χ2n) is 6.83. The highest BCUT2D eigenvalue weighted by Gasteiger charge is 2.36. The number of hydrogen-bond donors (Lipinski definition) is 8. The van der Waals surface area contributed by atoms with Crippen molar-refractivity contribution in [3.8, 4) is 0 Å². The SMILES string of the molecule is CCCCCCCCCCCCSC(O)C(CO)(CO)CO.OP(O)OP(O)O. The van der Waals surface area contributed by atoms with Gasteiger partial charge >= 0.3 is 17.2 Å². The van der Waals surface area contributed by atoms with Gasteiger partial charge in [-0.15, -0.1) is 11.8 Å². The van der Waals surface area contributed by atoms with Gasteiger partial charge in [-0.25, -0.2) is 4.31 Å². The number of unbranched alkanes of at least 4 members (excludes halogenated alkanes) is 9. The molecule has 0 aliphatic carbocycles. The molecule has 1 atom stereocenters. The molecule has 0 saturated heterocycles. The lowest BCUT2D eigenvalue weighted by molar-refractivity contribution is -0.0472. The van der Waals surface area contributed by atoms with Gasteiger partial charge in [0.1, 0.15) is 5.44 Å². The monoisotopic (exact) mass is 482 g/mol. The Morgan fingerprint density at radius 2 is 1.10 bits per heavy atom. The molecule has 0 fully saturated rings. The van der Waals surface area contributed by atoms with E-state index in [9.17, 15) is 20.4 Å². The van der Waals surface area contributed by atoms with Crippen LogP contribution in [0.25, 0.3) is 0 Å². The molecule has 0 bridgehead atoms. The summed E-state index contributed by atoms with van der Waals surface area (Å²) in [6, 6.07) is 0. The quantitative estimate of drug-likeness (QED) is 0.0824. The Hall–Kier alpha value is 0.850. The van der Waals surface area contributed by atoms with Crippen LogP contribution in [0, 0.1) is 5.41 Å². The van der Waals surface area contributed by atoms with E-state index in [0.29, 0.717) is 0 Å². The maximum atomic E-state index is 9.99. The molecule has 0 aromatic rings. The predicted octanol–water partition coefficient (Wildman–Crippen LogP) is 2.35. The minimum Gasteiger partial charge on any atom is -0.395 e. The first-order valence-electron chi connectivity index (χ1n) is 9.95. The summed E-state index contributed by atoms with van der Waals surface area (Å²) in [5.41, 5.74) is -2.12. The molecule has 29 heavy (non-hydrogen) atoms. The van der Waals surface area contributed by atoms with Crippen LogP contribution in [0.5, 0.6) is 0 Å². The molecule has 0 heterocycles. The van der Waals surface area contributed by atoms with Gasteiger partial charge in [-0.3, -0.25) is 0 Å². The lowest BCUT2D eigenvalue weighted by atomic mass is 9.92. The molecular weight excluding hydrogens is 442 g/mol. The Kier molecular flexibility index (Phi) is 24.4. The Morgan fingerprint density at radius 3 is 1.41 bits per heavy atom. The maximum Gasteiger partial charge on any atom is 0.334 e. The summed E-state index contributed by atoms with van der Waals surface area (Å²) in [5, 5.41) is 37.7. The summed E-state index contributed by atoms with van der Waals surface area (Å²) >= 11 is 1.31. The van der Waals surface area contributed by atoms with Gasteiger partial charge in [0.05, 0.1) is 25.2 Å². The standard InChI is InChI=1S/C17H36O4S.H4O5P2/c1-2-3-4-5-6-7-8-9-10-11-12-22-16(21)17(13-18,14-19)15-20;1-6(2)5-7(3)4/h16,18-21H,2-15H2,1H3;1-4H. The first kappa shape index (κ1) is 32.0. The molecule has 1 unspecified atom stereocenters. The molecule has 0 aromatic heterocycles. The molecule has 178 valence electrons. The Balaban J connectivity index is 0. The molecule has 0 aliphatic rings. The number of thioether (sulfide) groups is 1. The number of hydrogen-bond acceptors (Lipinski definition) is 10. The van der Waals surface area contributed by atoms with Gasteiger partial charge in [0, 0.05) is 0 Å². The summed E-state index contributed by atoms with van der Waals surface area (Å²) in [6.45, 7) is 1.01. The zero-order chi connectivity index (χ0) is 22.5. The van der Waals surface area contributed by atoms with Crippen molar-refractivity contribution in [1.29, 1.82) is 0 Å². The molecule has 0 aliphatic heterocycles. The fourth-order valence-electron chi connectivity index (χ4n) is 2.41. The molecule has 0 amide bonds. The highest BCUT2D eigenvalue weighted by molar-refractivity contribution is 7.99. The smallest absolute Gasteiger partial charge is 0.334 e. The van der Waals surface area contributed by atoms with Crippen molar-refractivity contribution in [2.24, 2.45) is 5.41 Å². The number of aliphatic hydroxyl groups is 4. The predicted molar refractivity (Wildman–Crippen MR) is 118 cm³/mol. The fraction of sp³-hybridized carbons (Fsp3) is 1.00. The van der Waals surface area contributed by atoms with Crippen molar-refractivity contribution >= 4 is 29.0 Å². The van der Waals surface area contributed by atoms with E-state index in [2.05, 4.69) is 11.2 Å². The zero-order valence-corrected chi connectivity index (χ0v) is 19.9. The van der Waals surface area contributed by atoms with E-state index in [-0.39, 0.29) is 0 Å². The second-order valence-corrected chi connectivity index (χ2v) is 9.68. The average Bonchev–Trinajstić information content (AvgIpc) is 2.67. The van der Waals surface area contributed by atoms with E-state index < -0.39 is 47.9 Å². The van der Waals surface area contributed by atoms with E-state index in [1.807, 2.05) is 0 Å². The van der Waals surface area contributed by atoms with Crippen molar-refractivity contribution in [3.63, 3.8) is 0 Å². The molecular formula is C17H40O9P2S. The van der Waals surface area contributed by atoms with Crippen molar-refractivity contribution in [3.05, 3.63) is 0 Å². The van der Waals surface area contributed by atoms with Gasteiger partial charge in [0.15, 0.2) is 0 Å². The number of rotatable bonds is 18. The zero-order valence-electron chi connectivity index (χ0n) is 17.3. The van der Waals surface area contributed by atoms with E-state index in [0.717, 1.165) is 18.6 Å². The molecule has 0 saturated carbocycles. The topological polar surface area (TPSA) is 171 Å². The van der Waals surface area contributed by atoms with Gasteiger partial charge in [0.25, 0.3) is 0 Å². The molecule has 0 rings (SSSR count). The Morgan fingerprint density at radius 1 is 0.724 bits per heavy atom. The van der Waals surface area contributed by atoms with Gasteiger partial charge < -0.3 is 40.0 Å². The number of aliphatic hydroxyl groups excluding tert-OH is 4. The molecule has 0 spiro atoms. The summed E-state index contributed by atoms with van der Waals surface area (Å²) in [4.78, 5) is 31.3. The molecule has 0 aromatic carbocycles. The third-order valence-electron chi connectivity index (χ3n) is 4.39. The highest BCUT2D eigenvalue weighted by atomic mass is 32.2. The van der Waals surface area contributed by atoms with E-state index >= 15 is 0 Å². The van der Waals surface area contributed by atoms with E-state index in [4.69, 9.17) is 19.6 Å². The average molecular weight is 483 g/mol. The van der Waals surface area contributed by atoms with Gasteiger partial charge in [0.2, 0.25) is 0 Å². The van der Waals surface area contributed by atoms with Gasteiger partial charge in [-0.2, -0.15) is 0 Å². The van der Waals surface area contributed by atoms with Crippen LogP contribution in [0.2, 0.25) is 0 Å². The van der Waals surface area contributed by atoms with Crippen LogP contribution < -0.4 is 0 Å². The summed E-state index contributed by atoms with van der Waals surface area (Å²) < 4.78 is 3.60. The molecule has 0 radical (unpaired) electrons. The van der Waals surface area contributed by atoms with E-state index in [1.165, 1.54) is 63.1 Å². The van der Waals surface area contributed by atoms with Crippen LogP contribution in [0.15, 0.2) is 0 Å². The maximum absolute atomic E-state index is 9.99.